The molecular formula is C29H36N4O2S. The Morgan fingerprint density at radius 2 is 1.64 bits per heavy atom. The van der Waals surface area contributed by atoms with Crippen LogP contribution in [0, 0.1) is 0 Å². The quantitative estimate of drug-likeness (QED) is 0.431. The van der Waals surface area contributed by atoms with Crippen LogP contribution in [0.2, 0.25) is 0 Å². The number of carbonyl (C=O) groups excluding carboxylic acids is 1. The van der Waals surface area contributed by atoms with Crippen LogP contribution in [0.15, 0.2) is 60.2 Å². The molecule has 0 N–H and O–H groups in total. The van der Waals surface area contributed by atoms with E-state index in [4.69, 9.17) is 4.74 Å². The van der Waals surface area contributed by atoms with Crippen LogP contribution in [0.5, 0.6) is 5.75 Å². The molecule has 190 valence electrons. The van der Waals surface area contributed by atoms with Crippen LogP contribution in [-0.4, -0.2) is 77.5 Å². The number of aromatic nitrogens is 1. The Balaban J connectivity index is 1.07. The second-order valence-corrected chi connectivity index (χ2v) is 10.6. The van der Waals surface area contributed by atoms with Gasteiger partial charge in [-0.05, 0) is 59.5 Å². The first kappa shape index (κ1) is 24.9. The van der Waals surface area contributed by atoms with Crippen molar-refractivity contribution in [3.8, 4) is 16.9 Å². The Morgan fingerprint density at radius 3 is 2.33 bits per heavy atom. The van der Waals surface area contributed by atoms with E-state index >= 15 is 0 Å². The van der Waals surface area contributed by atoms with Gasteiger partial charge in [0.1, 0.15) is 10.6 Å². The van der Waals surface area contributed by atoms with Gasteiger partial charge in [-0.15, -0.1) is 11.3 Å². The van der Waals surface area contributed by atoms with Crippen molar-refractivity contribution in [1.82, 2.24) is 19.7 Å². The average molecular weight is 505 g/mol. The molecule has 0 radical (unpaired) electrons. The standard InChI is InChI=1S/C29H36N4O2S/c1-2-20-35-27-11-21-36-28(27)29(34)33-14-9-26(10-15-33)32-18-16-31(17-19-32)22-23-3-5-24(6-4-23)25-7-12-30-13-8-25/h3-8,11-13,21,26H,2,9-10,14-20,22H2,1H3. The summed E-state index contributed by atoms with van der Waals surface area (Å²) in [4.78, 5) is 25.2. The average Bonchev–Trinajstić information content (AvgIpc) is 3.41. The molecular weight excluding hydrogens is 468 g/mol. The molecule has 1 amide bonds. The first-order chi connectivity index (χ1) is 17.7. The van der Waals surface area contributed by atoms with Gasteiger partial charge in [0.15, 0.2) is 0 Å². The number of piperidine rings is 1. The van der Waals surface area contributed by atoms with Gasteiger partial charge in [-0.25, -0.2) is 0 Å². The van der Waals surface area contributed by atoms with Crippen LogP contribution in [0.25, 0.3) is 11.1 Å². The first-order valence-electron chi connectivity index (χ1n) is 13.2. The third-order valence-corrected chi connectivity index (χ3v) is 8.22. The Kier molecular flexibility index (Phi) is 8.31. The van der Waals surface area contributed by atoms with Crippen LogP contribution < -0.4 is 4.74 Å². The lowest BCUT2D eigenvalue weighted by molar-refractivity contribution is 0.0469. The number of amides is 1. The number of likely N-dealkylation sites (tertiary alicyclic amines) is 1. The number of piperazine rings is 1. The van der Waals surface area contributed by atoms with E-state index in [9.17, 15) is 4.79 Å². The predicted molar refractivity (Wildman–Crippen MR) is 146 cm³/mol. The van der Waals surface area contributed by atoms with Crippen molar-refractivity contribution in [2.45, 2.75) is 38.8 Å². The van der Waals surface area contributed by atoms with Gasteiger partial charge in [-0.3, -0.25) is 19.6 Å². The number of hydrogen-bond donors (Lipinski definition) is 0. The number of rotatable bonds is 8. The molecule has 0 saturated carbocycles. The van der Waals surface area contributed by atoms with Gasteiger partial charge in [0.2, 0.25) is 0 Å². The van der Waals surface area contributed by atoms with Gasteiger partial charge in [0, 0.05) is 64.2 Å². The van der Waals surface area contributed by atoms with Gasteiger partial charge in [0.05, 0.1) is 6.61 Å². The molecule has 2 aliphatic rings. The Morgan fingerprint density at radius 1 is 0.944 bits per heavy atom. The maximum absolute atomic E-state index is 13.1. The fraction of sp³-hybridized carbons (Fsp3) is 0.448. The number of benzene rings is 1. The number of ether oxygens (including phenoxy) is 1. The minimum absolute atomic E-state index is 0.134. The third-order valence-electron chi connectivity index (χ3n) is 7.33. The van der Waals surface area contributed by atoms with Gasteiger partial charge in [-0.1, -0.05) is 31.2 Å². The predicted octanol–water partition coefficient (Wildman–Crippen LogP) is 5.02. The summed E-state index contributed by atoms with van der Waals surface area (Å²) >= 11 is 1.50. The highest BCUT2D eigenvalue weighted by Crippen LogP contribution is 2.29. The monoisotopic (exact) mass is 504 g/mol. The molecule has 0 unspecified atom stereocenters. The maximum atomic E-state index is 13.1. The lowest BCUT2D eigenvalue weighted by atomic mass is 10.0. The Bertz CT molecular complexity index is 1100. The molecule has 2 fully saturated rings. The van der Waals surface area contributed by atoms with Crippen LogP contribution in [-0.2, 0) is 6.54 Å². The van der Waals surface area contributed by atoms with Crippen molar-refractivity contribution in [2.75, 3.05) is 45.9 Å². The molecule has 0 aliphatic carbocycles. The van der Waals surface area contributed by atoms with Crippen LogP contribution in [0.3, 0.4) is 0 Å². The second kappa shape index (κ2) is 12.0. The largest absolute Gasteiger partial charge is 0.492 e. The fourth-order valence-corrected chi connectivity index (χ4v) is 6.05. The van der Waals surface area contributed by atoms with E-state index in [1.54, 1.807) is 0 Å². The SMILES string of the molecule is CCCOc1ccsc1C(=O)N1CCC(N2CCN(Cc3ccc(-c4ccncc4)cc3)CC2)CC1. The number of thiophene rings is 1. The molecule has 0 spiro atoms. The summed E-state index contributed by atoms with van der Waals surface area (Å²) in [5.74, 6) is 0.881. The smallest absolute Gasteiger partial charge is 0.267 e. The normalized spacial score (nSPS) is 17.9. The molecule has 36 heavy (non-hydrogen) atoms. The fourth-order valence-electron chi connectivity index (χ4n) is 5.25. The van der Waals surface area contributed by atoms with E-state index in [0.717, 1.165) is 75.7 Å². The van der Waals surface area contributed by atoms with Gasteiger partial charge >= 0.3 is 0 Å². The molecule has 2 saturated heterocycles. The number of nitrogens with zero attached hydrogens (tertiary/aromatic N) is 4. The highest BCUT2D eigenvalue weighted by Gasteiger charge is 2.30. The van der Waals surface area contributed by atoms with E-state index in [2.05, 4.69) is 58.1 Å². The Labute approximate surface area is 218 Å². The zero-order valence-corrected chi connectivity index (χ0v) is 22.0. The van der Waals surface area contributed by atoms with E-state index in [1.807, 2.05) is 28.7 Å². The molecule has 2 aliphatic heterocycles. The number of carbonyl (C=O) groups is 1. The van der Waals surface area contributed by atoms with Crippen molar-refractivity contribution in [3.05, 3.63) is 70.7 Å². The summed E-state index contributed by atoms with van der Waals surface area (Å²) in [5, 5.41) is 1.96. The van der Waals surface area contributed by atoms with Crippen molar-refractivity contribution in [3.63, 3.8) is 0 Å². The molecule has 6 nitrogen and oxygen atoms in total. The lowest BCUT2D eigenvalue weighted by Crippen LogP contribution is -2.53. The molecule has 3 aromatic rings. The van der Waals surface area contributed by atoms with Crippen molar-refractivity contribution in [1.29, 1.82) is 0 Å². The maximum Gasteiger partial charge on any atom is 0.267 e. The molecule has 1 aromatic carbocycles. The van der Waals surface area contributed by atoms with Gasteiger partial charge < -0.3 is 9.64 Å². The van der Waals surface area contributed by atoms with E-state index in [0.29, 0.717) is 12.6 Å². The van der Waals surface area contributed by atoms with Crippen LogP contribution >= 0.6 is 11.3 Å². The summed E-state index contributed by atoms with van der Waals surface area (Å²) in [6.07, 6.45) is 6.74. The molecule has 2 aromatic heterocycles. The first-order valence-corrected chi connectivity index (χ1v) is 14.0. The van der Waals surface area contributed by atoms with E-state index < -0.39 is 0 Å². The summed E-state index contributed by atoms with van der Waals surface area (Å²) in [7, 11) is 0. The lowest BCUT2D eigenvalue weighted by Gasteiger charge is -2.42. The third kappa shape index (κ3) is 5.97. The second-order valence-electron chi connectivity index (χ2n) is 9.73. The molecule has 7 heteroatoms. The Hall–Kier alpha value is -2.74. The van der Waals surface area contributed by atoms with Gasteiger partial charge in [-0.2, -0.15) is 0 Å². The minimum Gasteiger partial charge on any atom is -0.492 e. The van der Waals surface area contributed by atoms with E-state index in [1.165, 1.54) is 28.0 Å². The number of pyridine rings is 1. The molecule has 5 rings (SSSR count). The van der Waals surface area contributed by atoms with Crippen LogP contribution in [0.4, 0.5) is 0 Å². The topological polar surface area (TPSA) is 48.9 Å². The molecule has 0 bridgehead atoms. The van der Waals surface area contributed by atoms with Gasteiger partial charge in [0.25, 0.3) is 5.91 Å². The van der Waals surface area contributed by atoms with Crippen molar-refractivity contribution < 1.29 is 9.53 Å². The number of hydrogen-bond acceptors (Lipinski definition) is 6. The van der Waals surface area contributed by atoms with E-state index in [-0.39, 0.29) is 5.91 Å². The van der Waals surface area contributed by atoms with Crippen molar-refractivity contribution >= 4 is 17.2 Å². The zero-order valence-electron chi connectivity index (χ0n) is 21.1. The highest BCUT2D eigenvalue weighted by molar-refractivity contribution is 7.12. The summed E-state index contributed by atoms with van der Waals surface area (Å²) in [5.41, 5.74) is 3.81. The molecule has 0 atom stereocenters. The summed E-state index contributed by atoms with van der Waals surface area (Å²) in [6, 6.07) is 15.5. The molecule has 4 heterocycles. The minimum atomic E-state index is 0.134. The zero-order chi connectivity index (χ0) is 24.7. The summed E-state index contributed by atoms with van der Waals surface area (Å²) in [6.45, 7) is 9.80. The van der Waals surface area contributed by atoms with Crippen LogP contribution in [0.1, 0.15) is 41.4 Å². The summed E-state index contributed by atoms with van der Waals surface area (Å²) < 4.78 is 5.78. The van der Waals surface area contributed by atoms with Crippen molar-refractivity contribution in [2.24, 2.45) is 0 Å². The highest BCUT2D eigenvalue weighted by atomic mass is 32.1.